The van der Waals surface area contributed by atoms with E-state index in [0.717, 1.165) is 0 Å². The Morgan fingerprint density at radius 1 is 1.35 bits per heavy atom. The number of carboxylic acids is 1. The number of hydrogen-bond donors (Lipinski definition) is 3. The van der Waals surface area contributed by atoms with Crippen molar-refractivity contribution in [2.45, 2.75) is 0 Å². The lowest BCUT2D eigenvalue weighted by molar-refractivity contribution is 0.0697. The van der Waals surface area contributed by atoms with Crippen LogP contribution in [0.2, 0.25) is 5.02 Å². The Labute approximate surface area is 108 Å². The molecule has 0 heterocycles. The molecule has 0 saturated carbocycles. The third-order valence-electron chi connectivity index (χ3n) is 1.84. The molecular weight excluding hydrogens is 267 g/mol. The molecule has 0 fully saturated rings. The average Bonchev–Trinajstić information content (AvgIpc) is 2.26. The Bertz CT molecular complexity index is 438. The van der Waals surface area contributed by atoms with Crippen LogP contribution in [0, 0.1) is 0 Å². The third kappa shape index (κ3) is 4.13. The van der Waals surface area contributed by atoms with Gasteiger partial charge in [-0.1, -0.05) is 11.6 Å². The summed E-state index contributed by atoms with van der Waals surface area (Å²) in [5, 5.41) is 13.8. The molecule has 5 nitrogen and oxygen atoms in total. The topological polar surface area (TPSA) is 78.4 Å². The van der Waals surface area contributed by atoms with Gasteiger partial charge in [0.05, 0.1) is 10.6 Å². The molecule has 0 spiro atoms. The summed E-state index contributed by atoms with van der Waals surface area (Å²) in [4.78, 5) is 22.0. The number of carboxylic acid groups (broad SMARTS) is 1. The summed E-state index contributed by atoms with van der Waals surface area (Å²) in [5.74, 6) is -0.806. The molecule has 1 aromatic rings. The normalized spacial score (nSPS) is 9.76. The third-order valence-corrected chi connectivity index (χ3v) is 2.34. The van der Waals surface area contributed by atoms with Gasteiger partial charge in [-0.2, -0.15) is 0 Å². The van der Waals surface area contributed by atoms with E-state index in [2.05, 4.69) is 10.6 Å². The zero-order chi connectivity index (χ0) is 12.8. The van der Waals surface area contributed by atoms with Gasteiger partial charge in [-0.25, -0.2) is 9.59 Å². The molecule has 0 saturated heterocycles. The first kappa shape index (κ1) is 13.6. The van der Waals surface area contributed by atoms with E-state index >= 15 is 0 Å². The molecule has 1 aromatic carbocycles. The van der Waals surface area contributed by atoms with E-state index in [0.29, 0.717) is 18.1 Å². The maximum Gasteiger partial charge on any atom is 0.337 e. The molecule has 0 aliphatic rings. The quantitative estimate of drug-likeness (QED) is 0.739. The molecule has 92 valence electrons. The second-order valence-corrected chi connectivity index (χ2v) is 3.85. The van der Waals surface area contributed by atoms with Gasteiger partial charge in [0.2, 0.25) is 0 Å². The molecule has 0 bridgehead atoms. The highest BCUT2D eigenvalue weighted by Gasteiger charge is 2.09. The lowest BCUT2D eigenvalue weighted by atomic mass is 10.2. The number of nitrogens with one attached hydrogen (secondary N) is 2. The van der Waals surface area contributed by atoms with Crippen LogP contribution in [0.25, 0.3) is 0 Å². The van der Waals surface area contributed by atoms with E-state index in [1.807, 2.05) is 0 Å². The number of alkyl halides is 1. The van der Waals surface area contributed by atoms with Gasteiger partial charge in [0.25, 0.3) is 0 Å². The van der Waals surface area contributed by atoms with Gasteiger partial charge in [-0.3, -0.25) is 0 Å². The van der Waals surface area contributed by atoms with Gasteiger partial charge >= 0.3 is 12.0 Å². The van der Waals surface area contributed by atoms with Gasteiger partial charge < -0.3 is 15.7 Å². The number of benzene rings is 1. The van der Waals surface area contributed by atoms with Gasteiger partial charge in [0.1, 0.15) is 0 Å². The summed E-state index contributed by atoms with van der Waals surface area (Å²) < 4.78 is 0. The molecule has 1 rings (SSSR count). The maximum atomic E-state index is 11.3. The lowest BCUT2D eigenvalue weighted by Crippen LogP contribution is -2.30. The highest BCUT2D eigenvalue weighted by molar-refractivity contribution is 6.33. The number of halogens is 2. The van der Waals surface area contributed by atoms with Crippen LogP contribution in [0.5, 0.6) is 0 Å². The lowest BCUT2D eigenvalue weighted by Gasteiger charge is -2.07. The zero-order valence-electron chi connectivity index (χ0n) is 8.67. The fourth-order valence-electron chi connectivity index (χ4n) is 1.10. The van der Waals surface area contributed by atoms with Gasteiger partial charge in [0, 0.05) is 18.1 Å². The number of urea groups is 1. The van der Waals surface area contributed by atoms with Crippen LogP contribution in [0.15, 0.2) is 18.2 Å². The van der Waals surface area contributed by atoms with E-state index in [1.165, 1.54) is 18.2 Å². The minimum atomic E-state index is -1.12. The van der Waals surface area contributed by atoms with Crippen molar-refractivity contribution in [2.75, 3.05) is 17.7 Å². The van der Waals surface area contributed by atoms with E-state index < -0.39 is 12.0 Å². The summed E-state index contributed by atoms with van der Waals surface area (Å²) >= 11 is 11.1. The van der Waals surface area contributed by atoms with Crippen molar-refractivity contribution in [1.29, 1.82) is 0 Å². The second-order valence-electron chi connectivity index (χ2n) is 3.07. The number of hydrogen-bond acceptors (Lipinski definition) is 2. The largest absolute Gasteiger partial charge is 0.478 e. The van der Waals surface area contributed by atoms with Crippen molar-refractivity contribution in [3.8, 4) is 0 Å². The fourth-order valence-corrected chi connectivity index (χ4v) is 1.46. The molecule has 3 N–H and O–H groups in total. The summed E-state index contributed by atoms with van der Waals surface area (Å²) in [6.45, 7) is 0.342. The van der Waals surface area contributed by atoms with Crippen LogP contribution in [0.3, 0.4) is 0 Å². The van der Waals surface area contributed by atoms with Crippen molar-refractivity contribution in [1.82, 2.24) is 5.32 Å². The summed E-state index contributed by atoms with van der Waals surface area (Å²) in [6, 6.07) is 3.72. The van der Waals surface area contributed by atoms with Crippen LogP contribution < -0.4 is 10.6 Å². The molecule has 17 heavy (non-hydrogen) atoms. The Kier molecular flexibility index (Phi) is 5.06. The van der Waals surface area contributed by atoms with Crippen LogP contribution in [-0.4, -0.2) is 29.5 Å². The molecule has 2 amide bonds. The smallest absolute Gasteiger partial charge is 0.337 e. The monoisotopic (exact) mass is 276 g/mol. The number of carbonyl (C=O) groups is 2. The van der Waals surface area contributed by atoms with E-state index in [-0.39, 0.29) is 10.6 Å². The Morgan fingerprint density at radius 2 is 2.06 bits per heavy atom. The molecule has 0 unspecified atom stereocenters. The minimum Gasteiger partial charge on any atom is -0.478 e. The number of carbonyl (C=O) groups excluding carboxylic acids is 1. The van der Waals surface area contributed by atoms with Crippen molar-refractivity contribution in [2.24, 2.45) is 0 Å². The van der Waals surface area contributed by atoms with Crippen LogP contribution >= 0.6 is 23.2 Å². The molecular formula is C10H10Cl2N2O3. The predicted molar refractivity (Wildman–Crippen MR) is 66.2 cm³/mol. The fraction of sp³-hybridized carbons (Fsp3) is 0.200. The Hall–Kier alpha value is -1.46. The van der Waals surface area contributed by atoms with Gasteiger partial charge in [-0.15, -0.1) is 11.6 Å². The number of amides is 2. The SMILES string of the molecule is O=C(NCCCl)Nc1ccc(C(=O)O)c(Cl)c1. The van der Waals surface area contributed by atoms with E-state index in [9.17, 15) is 9.59 Å². The number of aromatic carboxylic acids is 1. The molecule has 0 aliphatic carbocycles. The van der Waals surface area contributed by atoms with Crippen LogP contribution in [0.4, 0.5) is 10.5 Å². The molecule has 0 aromatic heterocycles. The van der Waals surface area contributed by atoms with Crippen molar-refractivity contribution >= 4 is 40.9 Å². The summed E-state index contributed by atoms with van der Waals surface area (Å²) in [6.07, 6.45) is 0. The molecule has 0 aliphatic heterocycles. The standard InChI is InChI=1S/C10H10Cl2N2O3/c11-3-4-13-10(17)14-6-1-2-7(9(15)16)8(12)5-6/h1-2,5H,3-4H2,(H,15,16)(H2,13,14,17). The number of rotatable bonds is 4. The number of anilines is 1. The molecule has 7 heteroatoms. The summed E-state index contributed by atoms with van der Waals surface area (Å²) in [5.41, 5.74) is 0.394. The Morgan fingerprint density at radius 3 is 2.59 bits per heavy atom. The van der Waals surface area contributed by atoms with E-state index in [1.54, 1.807) is 0 Å². The van der Waals surface area contributed by atoms with Crippen LogP contribution in [0.1, 0.15) is 10.4 Å². The van der Waals surface area contributed by atoms with Crippen LogP contribution in [-0.2, 0) is 0 Å². The minimum absolute atomic E-state index is 0.0154. The highest BCUT2D eigenvalue weighted by Crippen LogP contribution is 2.20. The molecule has 0 atom stereocenters. The van der Waals surface area contributed by atoms with Crippen molar-refractivity contribution < 1.29 is 14.7 Å². The molecule has 0 radical (unpaired) electrons. The predicted octanol–water partition coefficient (Wildman–Crippen LogP) is 2.40. The second kappa shape index (κ2) is 6.32. The van der Waals surface area contributed by atoms with Gasteiger partial charge in [-0.05, 0) is 18.2 Å². The summed E-state index contributed by atoms with van der Waals surface area (Å²) in [7, 11) is 0. The first-order valence-corrected chi connectivity index (χ1v) is 5.59. The zero-order valence-corrected chi connectivity index (χ0v) is 10.2. The first-order chi connectivity index (χ1) is 8.04. The average molecular weight is 277 g/mol. The van der Waals surface area contributed by atoms with Crippen molar-refractivity contribution in [3.05, 3.63) is 28.8 Å². The maximum absolute atomic E-state index is 11.3. The first-order valence-electron chi connectivity index (χ1n) is 4.68. The van der Waals surface area contributed by atoms with Crippen molar-refractivity contribution in [3.63, 3.8) is 0 Å². The highest BCUT2D eigenvalue weighted by atomic mass is 35.5. The van der Waals surface area contributed by atoms with E-state index in [4.69, 9.17) is 28.3 Å². The Balaban J connectivity index is 2.70. The van der Waals surface area contributed by atoms with Gasteiger partial charge in [0.15, 0.2) is 0 Å².